The number of carbonyl (C=O) groups is 3. The summed E-state index contributed by atoms with van der Waals surface area (Å²) in [5, 5.41) is 4.88. The lowest BCUT2D eigenvalue weighted by atomic mass is 10.1. The summed E-state index contributed by atoms with van der Waals surface area (Å²) in [4.78, 5) is 36.4. The molecule has 0 radical (unpaired) electrons. The first kappa shape index (κ1) is 18.6. The van der Waals surface area contributed by atoms with Crippen molar-refractivity contribution in [3.05, 3.63) is 29.3 Å². The van der Waals surface area contributed by atoms with E-state index in [2.05, 4.69) is 10.6 Å². The van der Waals surface area contributed by atoms with Crippen molar-refractivity contribution in [1.29, 1.82) is 0 Å². The van der Waals surface area contributed by atoms with E-state index < -0.39 is 17.8 Å². The Kier molecular flexibility index (Phi) is 6.71. The molecule has 0 saturated carbocycles. The van der Waals surface area contributed by atoms with Gasteiger partial charge < -0.3 is 11.1 Å². The van der Waals surface area contributed by atoms with Crippen LogP contribution in [-0.2, 0) is 9.59 Å². The van der Waals surface area contributed by atoms with Gasteiger partial charge in [-0.25, -0.2) is 4.79 Å². The molecule has 0 unspecified atom stereocenters. The second kappa shape index (κ2) is 8.28. The highest BCUT2D eigenvalue weighted by molar-refractivity contribution is 6.02. The van der Waals surface area contributed by atoms with Gasteiger partial charge in [-0.05, 0) is 39.3 Å². The van der Waals surface area contributed by atoms with Crippen molar-refractivity contribution >= 4 is 23.5 Å². The predicted molar refractivity (Wildman–Crippen MR) is 89.0 cm³/mol. The van der Waals surface area contributed by atoms with Crippen molar-refractivity contribution in [2.24, 2.45) is 5.73 Å². The van der Waals surface area contributed by atoms with E-state index in [0.717, 1.165) is 11.1 Å². The number of aryl methyl sites for hydroxylation is 2. The Labute approximate surface area is 136 Å². The fraction of sp³-hybridized carbons (Fsp3) is 0.438. The third kappa shape index (κ3) is 6.48. The highest BCUT2D eigenvalue weighted by Gasteiger charge is 2.17. The van der Waals surface area contributed by atoms with E-state index in [1.165, 1.54) is 0 Å². The van der Waals surface area contributed by atoms with Gasteiger partial charge in [-0.3, -0.25) is 19.8 Å². The molecule has 126 valence electrons. The first-order valence-electron chi connectivity index (χ1n) is 7.39. The highest BCUT2D eigenvalue weighted by atomic mass is 16.2. The number of anilines is 1. The van der Waals surface area contributed by atoms with E-state index in [1.54, 1.807) is 11.0 Å². The number of carbonyl (C=O) groups excluding carboxylic acids is 3. The van der Waals surface area contributed by atoms with Crippen LogP contribution in [0.4, 0.5) is 10.5 Å². The van der Waals surface area contributed by atoms with Gasteiger partial charge in [0.2, 0.25) is 11.8 Å². The van der Waals surface area contributed by atoms with E-state index >= 15 is 0 Å². The van der Waals surface area contributed by atoms with E-state index in [9.17, 15) is 14.4 Å². The number of nitrogens with one attached hydrogen (secondary N) is 2. The Morgan fingerprint density at radius 3 is 2.35 bits per heavy atom. The number of nitrogens with two attached hydrogens (primary N) is 1. The van der Waals surface area contributed by atoms with Crippen LogP contribution in [0, 0.1) is 13.8 Å². The summed E-state index contributed by atoms with van der Waals surface area (Å²) >= 11 is 0. The minimum Gasteiger partial charge on any atom is -0.369 e. The smallest absolute Gasteiger partial charge is 0.325 e. The second-order valence-corrected chi connectivity index (χ2v) is 5.79. The van der Waals surface area contributed by atoms with Gasteiger partial charge in [0.1, 0.15) is 0 Å². The molecule has 23 heavy (non-hydrogen) atoms. The topological polar surface area (TPSA) is 105 Å². The Bertz CT molecular complexity index is 599. The summed E-state index contributed by atoms with van der Waals surface area (Å²) in [6.45, 7) is 7.39. The van der Waals surface area contributed by atoms with Crippen molar-refractivity contribution in [2.75, 3.05) is 18.4 Å². The summed E-state index contributed by atoms with van der Waals surface area (Å²) in [7, 11) is 0. The fourth-order valence-corrected chi connectivity index (χ4v) is 2.08. The summed E-state index contributed by atoms with van der Waals surface area (Å²) < 4.78 is 0. The van der Waals surface area contributed by atoms with Crippen molar-refractivity contribution in [1.82, 2.24) is 10.2 Å². The lowest BCUT2D eigenvalue weighted by Gasteiger charge is -2.23. The van der Waals surface area contributed by atoms with Crippen LogP contribution in [0.2, 0.25) is 0 Å². The van der Waals surface area contributed by atoms with Crippen LogP contribution in [0.5, 0.6) is 0 Å². The number of amides is 4. The number of benzene rings is 1. The summed E-state index contributed by atoms with van der Waals surface area (Å²) in [5.74, 6) is -1.02. The van der Waals surface area contributed by atoms with Crippen LogP contribution in [0.1, 0.15) is 25.0 Å². The van der Waals surface area contributed by atoms with Gasteiger partial charge in [-0.2, -0.15) is 0 Å². The minimum absolute atomic E-state index is 0.0379. The number of hydrogen-bond donors (Lipinski definition) is 3. The molecular weight excluding hydrogens is 296 g/mol. The maximum absolute atomic E-state index is 11.9. The summed E-state index contributed by atoms with van der Waals surface area (Å²) in [6.07, 6.45) is 0. The quantitative estimate of drug-likeness (QED) is 0.731. The van der Waals surface area contributed by atoms with Crippen molar-refractivity contribution in [2.45, 2.75) is 33.7 Å². The fourth-order valence-electron chi connectivity index (χ4n) is 2.08. The van der Waals surface area contributed by atoms with E-state index in [1.807, 2.05) is 39.8 Å². The van der Waals surface area contributed by atoms with Crippen LogP contribution >= 0.6 is 0 Å². The summed E-state index contributed by atoms with van der Waals surface area (Å²) in [5.41, 5.74) is 7.78. The van der Waals surface area contributed by atoms with Gasteiger partial charge in [0, 0.05) is 11.7 Å². The van der Waals surface area contributed by atoms with Gasteiger partial charge in [-0.15, -0.1) is 0 Å². The lowest BCUT2D eigenvalue weighted by molar-refractivity contribution is -0.123. The molecule has 0 bridgehead atoms. The third-order valence-electron chi connectivity index (χ3n) is 3.32. The number of primary amides is 1. The highest BCUT2D eigenvalue weighted by Crippen LogP contribution is 2.15. The Hall–Kier alpha value is -2.41. The Morgan fingerprint density at radius 2 is 1.83 bits per heavy atom. The van der Waals surface area contributed by atoms with Crippen LogP contribution in [0.3, 0.4) is 0 Å². The monoisotopic (exact) mass is 320 g/mol. The number of hydrogen-bond acceptors (Lipinski definition) is 4. The molecule has 1 aromatic rings. The number of urea groups is 1. The maximum atomic E-state index is 11.9. The van der Waals surface area contributed by atoms with Crippen LogP contribution < -0.4 is 16.4 Å². The number of nitrogens with zero attached hydrogens (tertiary/aromatic N) is 1. The van der Waals surface area contributed by atoms with Crippen molar-refractivity contribution < 1.29 is 14.4 Å². The van der Waals surface area contributed by atoms with Crippen LogP contribution in [0.25, 0.3) is 0 Å². The Morgan fingerprint density at radius 1 is 1.17 bits per heavy atom. The molecule has 0 heterocycles. The predicted octanol–water partition coefficient (Wildman–Crippen LogP) is 1.15. The molecule has 0 aromatic heterocycles. The normalized spacial score (nSPS) is 10.7. The standard InChI is InChI=1S/C16H24N4O3/c1-10(2)20(8-14(17)21)9-15(22)19-16(23)18-13-6-5-11(3)7-12(13)4/h5-7,10H,8-9H2,1-4H3,(H2,17,21)(H2,18,19,22,23). The second-order valence-electron chi connectivity index (χ2n) is 5.79. The van der Waals surface area contributed by atoms with Gasteiger partial charge >= 0.3 is 6.03 Å². The van der Waals surface area contributed by atoms with E-state index in [4.69, 9.17) is 5.73 Å². The number of rotatable bonds is 6. The molecule has 0 aliphatic carbocycles. The molecule has 7 heteroatoms. The molecule has 0 aliphatic rings. The molecule has 4 N–H and O–H groups in total. The van der Waals surface area contributed by atoms with E-state index in [-0.39, 0.29) is 19.1 Å². The summed E-state index contributed by atoms with van der Waals surface area (Å²) in [6, 6.07) is 4.94. The molecule has 1 rings (SSSR count). The SMILES string of the molecule is Cc1ccc(NC(=O)NC(=O)CN(CC(N)=O)C(C)C)c(C)c1. The zero-order valence-electron chi connectivity index (χ0n) is 14.0. The first-order chi connectivity index (χ1) is 10.7. The molecule has 0 fully saturated rings. The van der Waals surface area contributed by atoms with Gasteiger partial charge in [-0.1, -0.05) is 17.7 Å². The molecule has 7 nitrogen and oxygen atoms in total. The molecule has 0 saturated heterocycles. The van der Waals surface area contributed by atoms with Gasteiger partial charge in [0.25, 0.3) is 0 Å². The van der Waals surface area contributed by atoms with Crippen LogP contribution in [-0.4, -0.2) is 41.9 Å². The van der Waals surface area contributed by atoms with Gasteiger partial charge in [0.05, 0.1) is 13.1 Å². The molecule has 0 aliphatic heterocycles. The Balaban J connectivity index is 2.58. The zero-order chi connectivity index (χ0) is 17.6. The largest absolute Gasteiger partial charge is 0.369 e. The average Bonchev–Trinajstić information content (AvgIpc) is 2.40. The molecule has 0 atom stereocenters. The third-order valence-corrected chi connectivity index (χ3v) is 3.32. The molecule has 0 spiro atoms. The molecule has 1 aromatic carbocycles. The van der Waals surface area contributed by atoms with E-state index in [0.29, 0.717) is 5.69 Å². The average molecular weight is 320 g/mol. The number of imide groups is 1. The maximum Gasteiger partial charge on any atom is 0.325 e. The first-order valence-corrected chi connectivity index (χ1v) is 7.39. The zero-order valence-corrected chi connectivity index (χ0v) is 14.0. The van der Waals surface area contributed by atoms with Gasteiger partial charge in [0.15, 0.2) is 0 Å². The lowest BCUT2D eigenvalue weighted by Crippen LogP contribution is -2.46. The van der Waals surface area contributed by atoms with Crippen molar-refractivity contribution in [3.63, 3.8) is 0 Å². The van der Waals surface area contributed by atoms with Crippen LogP contribution in [0.15, 0.2) is 18.2 Å². The molecule has 4 amide bonds. The van der Waals surface area contributed by atoms with Crippen molar-refractivity contribution in [3.8, 4) is 0 Å². The minimum atomic E-state index is -0.607. The molecular formula is C16H24N4O3.